The highest BCUT2D eigenvalue weighted by Gasteiger charge is 2.56. The van der Waals surface area contributed by atoms with Gasteiger partial charge in [-0.15, -0.1) is 6.42 Å². The van der Waals surface area contributed by atoms with Gasteiger partial charge in [0.1, 0.15) is 28.6 Å². The Balaban J connectivity index is 2.08. The third-order valence-corrected chi connectivity index (χ3v) is 11.0. The van der Waals surface area contributed by atoms with Crippen molar-refractivity contribution < 1.29 is 37.7 Å². The van der Waals surface area contributed by atoms with Crippen LogP contribution >= 0.6 is 11.8 Å². The van der Waals surface area contributed by atoms with E-state index in [0.717, 1.165) is 17.8 Å². The Morgan fingerprint density at radius 3 is 2.43 bits per heavy atom. The number of amides is 2. The zero-order valence-corrected chi connectivity index (χ0v) is 31.6. The number of nitrogens with zero attached hydrogens (tertiary/aromatic N) is 4. The molecule has 2 aromatic rings. The van der Waals surface area contributed by atoms with Gasteiger partial charge in [-0.25, -0.2) is 24.1 Å². The molecule has 0 radical (unpaired) electrons. The van der Waals surface area contributed by atoms with E-state index in [4.69, 9.17) is 30.4 Å². The van der Waals surface area contributed by atoms with E-state index in [1.54, 1.807) is 41.5 Å². The largest absolute Gasteiger partial charge is 0.468 e. The highest BCUT2D eigenvalue weighted by Crippen LogP contribution is 2.52. The zero-order chi connectivity index (χ0) is 36.8. The van der Waals surface area contributed by atoms with Crippen molar-refractivity contribution in [3.63, 3.8) is 0 Å². The van der Waals surface area contributed by atoms with Crippen molar-refractivity contribution in [3.8, 4) is 18.2 Å². The summed E-state index contributed by atoms with van der Waals surface area (Å²) in [5.41, 5.74) is -2.03. The minimum Gasteiger partial charge on any atom is -0.468 e. The molecule has 0 saturated carbocycles. The van der Waals surface area contributed by atoms with Gasteiger partial charge in [-0.1, -0.05) is 44.2 Å². The summed E-state index contributed by atoms with van der Waals surface area (Å²) < 4.78 is 36.7. The second kappa shape index (κ2) is 15.7. The number of halogens is 1. The van der Waals surface area contributed by atoms with Crippen LogP contribution in [0.5, 0.6) is 5.88 Å². The number of terminal acetylenes is 1. The van der Waals surface area contributed by atoms with E-state index in [1.165, 1.54) is 42.6 Å². The minimum atomic E-state index is -1.46. The van der Waals surface area contributed by atoms with Crippen LogP contribution in [-0.4, -0.2) is 83.5 Å². The molecule has 0 aliphatic carbocycles. The summed E-state index contributed by atoms with van der Waals surface area (Å²) in [4.78, 5) is 54.4. The van der Waals surface area contributed by atoms with E-state index in [9.17, 15) is 14.4 Å². The fourth-order valence-electron chi connectivity index (χ4n) is 4.81. The number of hydrogen-bond donors (Lipinski definition) is 1. The summed E-state index contributed by atoms with van der Waals surface area (Å²) in [6, 6.07) is 4.88. The second-order valence-corrected chi connectivity index (χ2v) is 21.1. The first-order chi connectivity index (χ1) is 22.7. The molecule has 3 rings (SSSR count). The maximum absolute atomic E-state index is 15.9. The van der Waals surface area contributed by atoms with Crippen molar-refractivity contribution in [3.05, 3.63) is 47.7 Å². The van der Waals surface area contributed by atoms with Gasteiger partial charge in [0.15, 0.2) is 11.8 Å². The highest BCUT2D eigenvalue weighted by atomic mass is 32.2. The lowest BCUT2D eigenvalue weighted by atomic mass is 9.73. The smallest absolute Gasteiger partial charge is 0.418 e. The van der Waals surface area contributed by atoms with Crippen molar-refractivity contribution >= 4 is 48.7 Å². The van der Waals surface area contributed by atoms with Crippen LogP contribution in [-0.2, 0) is 24.5 Å². The number of rotatable bonds is 11. The summed E-state index contributed by atoms with van der Waals surface area (Å²) in [7, 11) is -0.188. The number of thioether (sulfide) groups is 1. The van der Waals surface area contributed by atoms with Crippen LogP contribution in [0.3, 0.4) is 0 Å². The quantitative estimate of drug-likeness (QED) is 0.0925. The summed E-state index contributed by atoms with van der Waals surface area (Å²) in [5, 5.41) is 2.80. The number of ether oxygens (including phenoxy) is 4. The molecule has 0 unspecified atom stereocenters. The Morgan fingerprint density at radius 2 is 1.86 bits per heavy atom. The second-order valence-electron chi connectivity index (χ2n) is 14.1. The Kier molecular flexibility index (Phi) is 12.6. The molecule has 1 aromatic carbocycles. The van der Waals surface area contributed by atoms with Crippen LogP contribution in [0.25, 0.3) is 0 Å². The molecule has 12 nitrogen and oxygen atoms in total. The number of benzene rings is 1. The molecule has 49 heavy (non-hydrogen) atoms. The van der Waals surface area contributed by atoms with Gasteiger partial charge < -0.3 is 24.3 Å². The third kappa shape index (κ3) is 10.0. The number of anilines is 1. The number of aromatic nitrogens is 2. The van der Waals surface area contributed by atoms with Crippen LogP contribution in [0.2, 0.25) is 25.7 Å². The Labute approximate surface area is 292 Å². The lowest BCUT2D eigenvalue weighted by Gasteiger charge is -2.47. The molecular formula is C34H46FN5O7SSi. The number of nitrogens with one attached hydrogen (secondary N) is 1. The van der Waals surface area contributed by atoms with Gasteiger partial charge in [0.25, 0.3) is 5.91 Å². The fourth-order valence-corrected chi connectivity index (χ4v) is 6.99. The minimum absolute atomic E-state index is 0.00530. The SMILES string of the molecule is C#CCOc1cnc(C(=O)Nc2ccc(F)c([C@@]3(C)N=C(N(COCC[Si](C)(C)C)C(=O)OC(C)(C)C)S[C@](C)(C(=O)OC)[C@H]3C)c2)cn1. The predicted octanol–water partition coefficient (Wildman–Crippen LogP) is 6.32. The molecule has 0 saturated heterocycles. The van der Waals surface area contributed by atoms with Gasteiger partial charge in [-0.2, -0.15) is 0 Å². The number of amidine groups is 1. The van der Waals surface area contributed by atoms with E-state index < -0.39 is 53.7 Å². The first-order valence-electron chi connectivity index (χ1n) is 15.7. The van der Waals surface area contributed by atoms with Crippen molar-refractivity contribution in [2.75, 3.05) is 32.4 Å². The van der Waals surface area contributed by atoms with Crippen LogP contribution in [0.4, 0.5) is 14.9 Å². The van der Waals surface area contributed by atoms with E-state index >= 15 is 4.39 Å². The monoisotopic (exact) mass is 715 g/mol. The molecule has 0 fully saturated rings. The lowest BCUT2D eigenvalue weighted by Crippen LogP contribution is -2.55. The van der Waals surface area contributed by atoms with E-state index in [1.807, 2.05) is 0 Å². The molecule has 2 amide bonds. The maximum Gasteiger partial charge on any atom is 0.418 e. The van der Waals surface area contributed by atoms with Gasteiger partial charge in [0.05, 0.1) is 25.0 Å². The standard InChI is InChI=1S/C34H46FN5O7SSi/c1-12-15-46-27-20-36-26(19-37-27)28(41)38-23-13-14-25(35)24(18-23)33(6)22(2)34(7,29(42)44-8)48-30(39-33)40(31(43)47-32(3,4)5)21-45-16-17-49(9,10)11/h1,13-14,18-20,22H,15-17,21H2,2-11H3,(H,38,41)/t22-,33-,34-/m0/s1. The molecule has 1 aromatic heterocycles. The fraction of sp³-hybridized carbons (Fsp3) is 0.529. The van der Waals surface area contributed by atoms with E-state index in [0.29, 0.717) is 6.61 Å². The molecule has 0 bridgehead atoms. The molecule has 2 heterocycles. The van der Waals surface area contributed by atoms with Gasteiger partial charge in [0, 0.05) is 31.8 Å². The van der Waals surface area contributed by atoms with Crippen LogP contribution in [0.1, 0.15) is 57.6 Å². The van der Waals surface area contributed by atoms with E-state index in [-0.39, 0.29) is 41.3 Å². The van der Waals surface area contributed by atoms with E-state index in [2.05, 4.69) is 40.8 Å². The van der Waals surface area contributed by atoms with Crippen molar-refractivity contribution in [2.24, 2.45) is 10.9 Å². The average Bonchev–Trinajstić information content (AvgIpc) is 3.01. The third-order valence-electron chi connectivity index (χ3n) is 7.89. The first kappa shape index (κ1) is 39.4. The highest BCUT2D eigenvalue weighted by molar-refractivity contribution is 8.15. The van der Waals surface area contributed by atoms with Gasteiger partial charge in [-0.3, -0.25) is 14.6 Å². The number of hydrogen-bond acceptors (Lipinski definition) is 11. The number of aliphatic imine (C=N–C) groups is 1. The molecule has 0 spiro atoms. The number of carbonyl (C=O) groups is 3. The van der Waals surface area contributed by atoms with Gasteiger partial charge >= 0.3 is 12.1 Å². The number of esters is 1. The summed E-state index contributed by atoms with van der Waals surface area (Å²) in [5.74, 6) is -0.0565. The summed E-state index contributed by atoms with van der Waals surface area (Å²) in [6.45, 7) is 17.1. The van der Waals surface area contributed by atoms with Crippen molar-refractivity contribution in [1.29, 1.82) is 0 Å². The topological polar surface area (TPSA) is 142 Å². The van der Waals surface area contributed by atoms with Crippen molar-refractivity contribution in [2.45, 2.75) is 83.1 Å². The van der Waals surface area contributed by atoms with Gasteiger partial charge in [-0.05, 0) is 58.9 Å². The average molecular weight is 716 g/mol. The predicted molar refractivity (Wildman–Crippen MR) is 190 cm³/mol. The molecule has 1 aliphatic heterocycles. The number of carbonyl (C=O) groups excluding carboxylic acids is 3. The van der Waals surface area contributed by atoms with Crippen LogP contribution in [0.15, 0.2) is 35.6 Å². The molecular weight excluding hydrogens is 670 g/mol. The van der Waals surface area contributed by atoms with Crippen LogP contribution in [0, 0.1) is 24.1 Å². The van der Waals surface area contributed by atoms with Crippen molar-refractivity contribution in [1.82, 2.24) is 14.9 Å². The molecule has 266 valence electrons. The Bertz CT molecular complexity index is 1610. The Morgan fingerprint density at radius 1 is 1.16 bits per heavy atom. The molecule has 1 N–H and O–H groups in total. The van der Waals surface area contributed by atoms with Crippen LogP contribution < -0.4 is 10.1 Å². The molecule has 3 atom stereocenters. The maximum atomic E-state index is 15.9. The Hall–Kier alpha value is -4.00. The molecule has 1 aliphatic rings. The summed E-state index contributed by atoms with van der Waals surface area (Å²) >= 11 is 1.02. The molecule has 15 heteroatoms. The van der Waals surface area contributed by atoms with Gasteiger partial charge in [0.2, 0.25) is 5.88 Å². The zero-order valence-electron chi connectivity index (χ0n) is 29.8. The number of methoxy groups -OCH3 is 1. The summed E-state index contributed by atoms with van der Waals surface area (Å²) in [6.07, 6.45) is 6.94. The lowest BCUT2D eigenvalue weighted by molar-refractivity contribution is -0.145. The normalized spacial score (nSPS) is 20.8. The first-order valence-corrected chi connectivity index (χ1v) is 20.2.